The zero-order valence-corrected chi connectivity index (χ0v) is 18.0. The Labute approximate surface area is 183 Å². The first-order valence-corrected chi connectivity index (χ1v) is 10.6. The van der Waals surface area contributed by atoms with Gasteiger partial charge in [0.25, 0.3) is 5.91 Å². The summed E-state index contributed by atoms with van der Waals surface area (Å²) in [5.74, 6) is 0.0240. The van der Waals surface area contributed by atoms with Gasteiger partial charge >= 0.3 is 0 Å². The monoisotopic (exact) mass is 413 g/mol. The molecular weight excluding hydrogens is 386 g/mol. The number of ether oxygens (including phenoxy) is 1. The highest BCUT2D eigenvalue weighted by atomic mass is 16.5. The van der Waals surface area contributed by atoms with Gasteiger partial charge in [-0.2, -0.15) is 5.26 Å². The maximum atomic E-state index is 12.7. The van der Waals surface area contributed by atoms with Gasteiger partial charge in [-0.05, 0) is 49.2 Å². The predicted molar refractivity (Wildman–Crippen MR) is 122 cm³/mol. The van der Waals surface area contributed by atoms with Crippen molar-refractivity contribution in [3.05, 3.63) is 84.0 Å². The summed E-state index contributed by atoms with van der Waals surface area (Å²) in [6.07, 6.45) is 6.16. The van der Waals surface area contributed by atoms with Crippen molar-refractivity contribution in [2.75, 3.05) is 31.6 Å². The number of nitrogens with zero attached hydrogens (tertiary/aromatic N) is 2. The lowest BCUT2D eigenvalue weighted by atomic mass is 9.68. The largest absolute Gasteiger partial charge is 0.378 e. The summed E-state index contributed by atoms with van der Waals surface area (Å²) in [6, 6.07) is 20.1. The van der Waals surface area contributed by atoms with Gasteiger partial charge in [0, 0.05) is 24.3 Å². The molecule has 1 fully saturated rings. The predicted octanol–water partition coefficient (Wildman–Crippen LogP) is 4.51. The quantitative estimate of drug-likeness (QED) is 0.801. The van der Waals surface area contributed by atoms with Crippen molar-refractivity contribution in [1.29, 1.82) is 5.26 Å². The second-order valence-corrected chi connectivity index (χ2v) is 8.42. The van der Waals surface area contributed by atoms with Crippen molar-refractivity contribution in [2.45, 2.75) is 19.4 Å². The van der Waals surface area contributed by atoms with Crippen LogP contribution in [0.3, 0.4) is 0 Å². The molecule has 0 aromatic heterocycles. The van der Waals surface area contributed by atoms with Crippen molar-refractivity contribution in [1.82, 2.24) is 4.90 Å². The highest BCUT2D eigenvalue weighted by molar-refractivity contribution is 5.94. The van der Waals surface area contributed by atoms with Crippen LogP contribution in [0.4, 0.5) is 5.69 Å². The average Bonchev–Trinajstić information content (AvgIpc) is 2.82. The number of allylic oxidation sites excluding steroid dienone is 2. The van der Waals surface area contributed by atoms with Gasteiger partial charge in [-0.25, -0.2) is 0 Å². The summed E-state index contributed by atoms with van der Waals surface area (Å²) in [6.45, 7) is 6.39. The molecule has 2 atom stereocenters. The maximum absolute atomic E-state index is 12.7. The SMILES string of the molecule is CC1(C#N)C=C(c2ccccc2)C=CC1(C)Nc1ccc(C(=O)N2CCOCC2)cc1. The van der Waals surface area contributed by atoms with E-state index in [0.29, 0.717) is 31.9 Å². The molecule has 0 bridgehead atoms. The lowest BCUT2D eigenvalue weighted by molar-refractivity contribution is 0.0303. The Morgan fingerprint density at radius 1 is 1.06 bits per heavy atom. The van der Waals surface area contributed by atoms with Crippen LogP contribution in [0, 0.1) is 16.7 Å². The number of morpholine rings is 1. The Kier molecular flexibility index (Phi) is 5.67. The second-order valence-electron chi connectivity index (χ2n) is 8.42. The van der Waals surface area contributed by atoms with Gasteiger partial charge in [-0.1, -0.05) is 48.6 Å². The zero-order valence-electron chi connectivity index (χ0n) is 18.0. The van der Waals surface area contributed by atoms with Crippen LogP contribution >= 0.6 is 0 Å². The van der Waals surface area contributed by atoms with Gasteiger partial charge < -0.3 is 15.0 Å². The number of rotatable bonds is 4. The third-order valence-corrected chi connectivity index (χ3v) is 6.29. The topological polar surface area (TPSA) is 65.4 Å². The summed E-state index contributed by atoms with van der Waals surface area (Å²) in [7, 11) is 0. The van der Waals surface area contributed by atoms with Gasteiger partial charge in [0.1, 0.15) is 0 Å². The van der Waals surface area contributed by atoms with E-state index in [1.807, 2.05) is 79.4 Å². The van der Waals surface area contributed by atoms with Gasteiger partial charge in [-0.15, -0.1) is 0 Å². The normalized spacial score (nSPS) is 25.5. The summed E-state index contributed by atoms with van der Waals surface area (Å²) in [5, 5.41) is 13.6. The number of hydrogen-bond donors (Lipinski definition) is 1. The highest BCUT2D eigenvalue weighted by Gasteiger charge is 2.44. The highest BCUT2D eigenvalue weighted by Crippen LogP contribution is 2.42. The number of anilines is 1. The molecule has 0 saturated carbocycles. The van der Waals surface area contributed by atoms with Crippen molar-refractivity contribution in [3.8, 4) is 6.07 Å². The van der Waals surface area contributed by atoms with E-state index in [2.05, 4.69) is 23.5 Å². The second kappa shape index (κ2) is 8.41. The van der Waals surface area contributed by atoms with Crippen LogP contribution in [-0.2, 0) is 4.74 Å². The van der Waals surface area contributed by atoms with E-state index < -0.39 is 11.0 Å². The maximum Gasteiger partial charge on any atom is 0.254 e. The van der Waals surface area contributed by atoms with E-state index in [1.165, 1.54) is 0 Å². The molecule has 0 radical (unpaired) electrons. The van der Waals surface area contributed by atoms with E-state index in [1.54, 1.807) is 0 Å². The third-order valence-electron chi connectivity index (χ3n) is 6.29. The number of nitriles is 1. The number of benzene rings is 2. The van der Waals surface area contributed by atoms with E-state index in [4.69, 9.17) is 4.74 Å². The Hall–Kier alpha value is -3.36. The molecule has 1 heterocycles. The van der Waals surface area contributed by atoms with E-state index in [0.717, 1.165) is 16.8 Å². The molecular formula is C26H27N3O2. The molecule has 2 aromatic carbocycles. The first-order chi connectivity index (χ1) is 14.9. The first-order valence-electron chi connectivity index (χ1n) is 10.6. The minimum Gasteiger partial charge on any atom is -0.378 e. The summed E-state index contributed by atoms with van der Waals surface area (Å²) in [5.41, 5.74) is 2.30. The molecule has 1 saturated heterocycles. The van der Waals surface area contributed by atoms with Crippen LogP contribution in [0.2, 0.25) is 0 Å². The smallest absolute Gasteiger partial charge is 0.254 e. The van der Waals surface area contributed by atoms with Crippen molar-refractivity contribution in [2.24, 2.45) is 5.41 Å². The van der Waals surface area contributed by atoms with Crippen LogP contribution < -0.4 is 5.32 Å². The lowest BCUT2D eigenvalue weighted by Gasteiger charge is -2.42. The molecule has 1 N–H and O–H groups in total. The van der Waals surface area contributed by atoms with Gasteiger partial charge in [0.05, 0.1) is 30.2 Å². The standard InChI is InChI=1S/C26H27N3O2/c1-25(19-27)18-22(20-6-4-3-5-7-20)12-13-26(25,2)28-23-10-8-21(9-11-23)24(30)29-14-16-31-17-15-29/h3-13,18,28H,14-17H2,1-2H3. The minimum atomic E-state index is -0.755. The Balaban J connectivity index is 1.53. The molecule has 0 spiro atoms. The third kappa shape index (κ3) is 4.12. The fourth-order valence-electron chi connectivity index (χ4n) is 4.01. The van der Waals surface area contributed by atoms with E-state index in [-0.39, 0.29) is 5.91 Å². The molecule has 31 heavy (non-hydrogen) atoms. The van der Waals surface area contributed by atoms with Crippen molar-refractivity contribution >= 4 is 17.2 Å². The molecule has 4 rings (SSSR count). The summed E-state index contributed by atoms with van der Waals surface area (Å²) >= 11 is 0. The molecule has 5 nitrogen and oxygen atoms in total. The zero-order chi connectivity index (χ0) is 21.9. The molecule has 1 aliphatic carbocycles. The fourth-order valence-corrected chi connectivity index (χ4v) is 4.01. The lowest BCUT2D eigenvalue weighted by Crippen LogP contribution is -2.48. The number of carbonyl (C=O) groups excluding carboxylic acids is 1. The number of hydrogen-bond acceptors (Lipinski definition) is 4. The molecule has 158 valence electrons. The first kappa shape index (κ1) is 20.9. The fraction of sp³-hybridized carbons (Fsp3) is 0.308. The number of carbonyl (C=O) groups is 1. The molecule has 2 aromatic rings. The molecule has 1 amide bonds. The van der Waals surface area contributed by atoms with Crippen LogP contribution in [0.25, 0.3) is 5.57 Å². The van der Waals surface area contributed by atoms with Gasteiger partial charge in [0.15, 0.2) is 0 Å². The van der Waals surface area contributed by atoms with Crippen molar-refractivity contribution in [3.63, 3.8) is 0 Å². The number of nitrogens with one attached hydrogen (secondary N) is 1. The molecule has 5 heteroatoms. The Morgan fingerprint density at radius 3 is 2.39 bits per heavy atom. The number of amides is 1. The Morgan fingerprint density at radius 2 is 1.74 bits per heavy atom. The van der Waals surface area contributed by atoms with Crippen LogP contribution in [0.15, 0.2) is 72.8 Å². The van der Waals surface area contributed by atoms with Crippen LogP contribution in [0.5, 0.6) is 0 Å². The van der Waals surface area contributed by atoms with Crippen molar-refractivity contribution < 1.29 is 9.53 Å². The van der Waals surface area contributed by atoms with E-state index >= 15 is 0 Å². The average molecular weight is 414 g/mol. The molecule has 1 aliphatic heterocycles. The molecule has 2 unspecified atom stereocenters. The molecule has 2 aliphatic rings. The Bertz CT molecular complexity index is 1050. The van der Waals surface area contributed by atoms with Crippen LogP contribution in [0.1, 0.15) is 29.8 Å². The summed E-state index contributed by atoms with van der Waals surface area (Å²) in [4.78, 5) is 14.5. The van der Waals surface area contributed by atoms with Gasteiger partial charge in [0.2, 0.25) is 0 Å². The van der Waals surface area contributed by atoms with E-state index in [9.17, 15) is 10.1 Å². The summed E-state index contributed by atoms with van der Waals surface area (Å²) < 4.78 is 5.33. The minimum absolute atomic E-state index is 0.0240. The van der Waals surface area contributed by atoms with Crippen LogP contribution in [-0.4, -0.2) is 42.6 Å². The van der Waals surface area contributed by atoms with Gasteiger partial charge in [-0.3, -0.25) is 4.79 Å².